The van der Waals surface area contributed by atoms with E-state index in [1.165, 1.54) is 0 Å². The van der Waals surface area contributed by atoms with Gasteiger partial charge in [0.25, 0.3) is 5.91 Å². The third-order valence-corrected chi connectivity index (χ3v) is 4.39. The normalized spacial score (nSPS) is 21.8. The topological polar surface area (TPSA) is 76.6 Å². The van der Waals surface area contributed by atoms with Crippen LogP contribution in [0.5, 0.6) is 0 Å². The lowest BCUT2D eigenvalue weighted by atomic mass is 9.97. The highest BCUT2D eigenvalue weighted by atomic mass is 79.9. The van der Waals surface area contributed by atoms with Gasteiger partial charge in [-0.25, -0.2) is 0 Å². The number of rotatable bonds is 4. The highest BCUT2D eigenvalue weighted by Gasteiger charge is 2.28. The van der Waals surface area contributed by atoms with Gasteiger partial charge in [0.05, 0.1) is 19.0 Å². The average Bonchev–Trinajstić information content (AvgIpc) is 2.42. The number of carbonyl (C=O) groups is 2. The van der Waals surface area contributed by atoms with Gasteiger partial charge in [-0.3, -0.25) is 9.59 Å². The van der Waals surface area contributed by atoms with E-state index in [-0.39, 0.29) is 17.7 Å². The Hall–Kier alpha value is -1.40. The van der Waals surface area contributed by atoms with Gasteiger partial charge in [0, 0.05) is 10.2 Å². The first-order valence-electron chi connectivity index (χ1n) is 7.14. The fraction of sp³-hybridized carbons (Fsp3) is 0.467. The Bertz CT molecular complexity index is 548. The Morgan fingerprint density at radius 3 is 2.90 bits per heavy atom. The van der Waals surface area contributed by atoms with Gasteiger partial charge in [0.2, 0.25) is 5.91 Å². The van der Waals surface area contributed by atoms with E-state index in [1.807, 2.05) is 25.1 Å². The predicted molar refractivity (Wildman–Crippen MR) is 85.0 cm³/mol. The number of carbonyl (C=O) groups excluding carboxylic acids is 2. The first-order chi connectivity index (χ1) is 9.95. The number of hydrogen-bond acceptors (Lipinski definition) is 2. The van der Waals surface area contributed by atoms with E-state index in [4.69, 9.17) is 5.73 Å². The van der Waals surface area contributed by atoms with Crippen LogP contribution in [0.3, 0.4) is 0 Å². The molecule has 4 N–H and O–H groups in total. The maximum Gasteiger partial charge on any atom is 0.279 e. The Balaban J connectivity index is 1.91. The van der Waals surface area contributed by atoms with Crippen molar-refractivity contribution in [2.45, 2.75) is 19.8 Å². The number of piperidine rings is 1. The van der Waals surface area contributed by atoms with Crippen LogP contribution in [0, 0.1) is 12.8 Å². The molecule has 0 radical (unpaired) electrons. The molecule has 1 aromatic carbocycles. The number of aryl methyl sites for hydroxylation is 1. The lowest BCUT2D eigenvalue weighted by molar-refractivity contribution is -0.899. The zero-order chi connectivity index (χ0) is 15.4. The minimum absolute atomic E-state index is 0.0273. The maximum absolute atomic E-state index is 12.1. The molecule has 1 aliphatic rings. The number of hydrogen-bond donors (Lipinski definition) is 3. The van der Waals surface area contributed by atoms with E-state index in [2.05, 4.69) is 21.2 Å². The van der Waals surface area contributed by atoms with Crippen LogP contribution in [-0.2, 0) is 9.59 Å². The summed E-state index contributed by atoms with van der Waals surface area (Å²) in [6, 6.07) is 5.75. The van der Waals surface area contributed by atoms with Crippen molar-refractivity contribution in [1.82, 2.24) is 0 Å². The van der Waals surface area contributed by atoms with Crippen molar-refractivity contribution >= 4 is 33.4 Å². The van der Waals surface area contributed by atoms with Crippen molar-refractivity contribution in [3.05, 3.63) is 28.2 Å². The van der Waals surface area contributed by atoms with Crippen LogP contribution in [0.2, 0.25) is 0 Å². The van der Waals surface area contributed by atoms with Crippen LogP contribution < -0.4 is 16.0 Å². The fourth-order valence-corrected chi connectivity index (χ4v) is 3.22. The smallest absolute Gasteiger partial charge is 0.279 e. The number of benzene rings is 1. The summed E-state index contributed by atoms with van der Waals surface area (Å²) in [5.74, 6) is -0.382. The van der Waals surface area contributed by atoms with Gasteiger partial charge in [-0.15, -0.1) is 0 Å². The second kappa shape index (κ2) is 7.04. The molecule has 0 aromatic heterocycles. The molecule has 6 heteroatoms. The van der Waals surface area contributed by atoms with Crippen LogP contribution >= 0.6 is 15.9 Å². The highest BCUT2D eigenvalue weighted by molar-refractivity contribution is 9.10. The van der Waals surface area contributed by atoms with E-state index < -0.39 is 0 Å². The third kappa shape index (κ3) is 4.54. The quantitative estimate of drug-likeness (QED) is 0.735. The van der Waals surface area contributed by atoms with Crippen molar-refractivity contribution in [2.75, 3.05) is 25.0 Å². The molecule has 2 rings (SSSR count). The van der Waals surface area contributed by atoms with E-state index >= 15 is 0 Å². The molecule has 114 valence electrons. The number of nitrogens with one attached hydrogen (secondary N) is 2. The van der Waals surface area contributed by atoms with E-state index in [0.29, 0.717) is 13.1 Å². The molecule has 5 nitrogen and oxygen atoms in total. The van der Waals surface area contributed by atoms with Gasteiger partial charge >= 0.3 is 0 Å². The van der Waals surface area contributed by atoms with Crippen molar-refractivity contribution in [3.8, 4) is 0 Å². The van der Waals surface area contributed by atoms with Crippen LogP contribution in [0.1, 0.15) is 18.4 Å². The number of likely N-dealkylation sites (tertiary alicyclic amines) is 1. The second-order valence-electron chi connectivity index (χ2n) is 5.63. The molecular formula is C15H21BrN3O2+. The first kappa shape index (κ1) is 16.0. The Morgan fingerprint density at radius 1 is 1.48 bits per heavy atom. The molecule has 2 atom stereocenters. The molecule has 1 heterocycles. The molecule has 0 spiro atoms. The molecule has 1 fully saturated rings. The Morgan fingerprint density at radius 2 is 2.24 bits per heavy atom. The molecule has 2 amide bonds. The number of quaternary nitrogens is 1. The monoisotopic (exact) mass is 354 g/mol. The molecule has 1 saturated heterocycles. The number of halogens is 1. The summed E-state index contributed by atoms with van der Waals surface area (Å²) in [4.78, 5) is 24.5. The van der Waals surface area contributed by atoms with Gasteiger partial charge in [-0.05, 0) is 43.5 Å². The third-order valence-electron chi connectivity index (χ3n) is 3.89. The molecule has 0 bridgehead atoms. The molecule has 0 aliphatic carbocycles. The molecule has 1 aliphatic heterocycles. The molecule has 1 aromatic rings. The number of primary amides is 1. The van der Waals surface area contributed by atoms with Crippen molar-refractivity contribution < 1.29 is 14.5 Å². The minimum atomic E-state index is -0.253. The van der Waals surface area contributed by atoms with Gasteiger partial charge in [-0.1, -0.05) is 15.9 Å². The molecule has 0 saturated carbocycles. The van der Waals surface area contributed by atoms with E-state index in [9.17, 15) is 9.59 Å². The number of nitrogens with two attached hydrogens (primary N) is 1. The summed E-state index contributed by atoms with van der Waals surface area (Å²) in [6.45, 7) is 3.90. The highest BCUT2D eigenvalue weighted by Crippen LogP contribution is 2.19. The van der Waals surface area contributed by atoms with Gasteiger partial charge < -0.3 is 16.0 Å². The van der Waals surface area contributed by atoms with E-state index in [0.717, 1.165) is 40.0 Å². The second-order valence-corrected chi connectivity index (χ2v) is 6.55. The Kier molecular flexibility index (Phi) is 5.36. The summed E-state index contributed by atoms with van der Waals surface area (Å²) < 4.78 is 0.990. The number of anilines is 1. The maximum atomic E-state index is 12.1. The molecule has 1 unspecified atom stereocenters. The number of amides is 2. The van der Waals surface area contributed by atoms with E-state index in [1.54, 1.807) is 0 Å². The summed E-state index contributed by atoms with van der Waals surface area (Å²) >= 11 is 3.40. The van der Waals surface area contributed by atoms with Crippen LogP contribution in [0.25, 0.3) is 0 Å². The Labute approximate surface area is 133 Å². The largest absolute Gasteiger partial charge is 0.369 e. The summed E-state index contributed by atoms with van der Waals surface area (Å²) in [5, 5.41) is 2.93. The van der Waals surface area contributed by atoms with Gasteiger partial charge in [0.1, 0.15) is 0 Å². The van der Waals surface area contributed by atoms with Crippen molar-refractivity contribution in [3.63, 3.8) is 0 Å². The zero-order valence-electron chi connectivity index (χ0n) is 12.1. The van der Waals surface area contributed by atoms with Gasteiger partial charge in [-0.2, -0.15) is 0 Å². The molecular weight excluding hydrogens is 334 g/mol. The first-order valence-corrected chi connectivity index (χ1v) is 7.94. The van der Waals surface area contributed by atoms with Crippen LogP contribution in [-0.4, -0.2) is 31.4 Å². The summed E-state index contributed by atoms with van der Waals surface area (Å²) in [6.07, 6.45) is 1.78. The predicted octanol–water partition coefficient (Wildman–Crippen LogP) is 0.476. The summed E-state index contributed by atoms with van der Waals surface area (Å²) in [5.41, 5.74) is 7.20. The lowest BCUT2D eigenvalue weighted by Gasteiger charge is -2.27. The van der Waals surface area contributed by atoms with Crippen molar-refractivity contribution in [2.24, 2.45) is 11.7 Å². The lowest BCUT2D eigenvalue weighted by Crippen LogP contribution is -3.14. The summed E-state index contributed by atoms with van der Waals surface area (Å²) in [7, 11) is 0. The SMILES string of the molecule is Cc1cc(Br)ccc1NC(=O)C[NH+]1CCC[C@H](C(N)=O)C1. The zero-order valence-corrected chi connectivity index (χ0v) is 13.7. The minimum Gasteiger partial charge on any atom is -0.369 e. The average molecular weight is 355 g/mol. The van der Waals surface area contributed by atoms with Crippen molar-refractivity contribution in [1.29, 1.82) is 0 Å². The standard InChI is InChI=1S/C15H20BrN3O2/c1-10-7-12(16)4-5-13(10)18-14(20)9-19-6-2-3-11(8-19)15(17)21/h4-5,7,11H,2-3,6,8-9H2,1H3,(H2,17,21)(H,18,20)/p+1/t11-/m0/s1. The van der Waals surface area contributed by atoms with Crippen LogP contribution in [0.4, 0.5) is 5.69 Å². The van der Waals surface area contributed by atoms with Gasteiger partial charge in [0.15, 0.2) is 6.54 Å². The fourth-order valence-electron chi connectivity index (χ4n) is 2.74. The molecule has 21 heavy (non-hydrogen) atoms. The van der Waals surface area contributed by atoms with Crippen LogP contribution in [0.15, 0.2) is 22.7 Å².